The molecule has 0 saturated carbocycles. The largest absolute Gasteiger partial charge is 0.383 e. The minimum atomic E-state index is -0.286. The van der Waals surface area contributed by atoms with Gasteiger partial charge in [-0.1, -0.05) is 6.92 Å². The zero-order chi connectivity index (χ0) is 17.6. The van der Waals surface area contributed by atoms with Crippen LogP contribution in [0.15, 0.2) is 0 Å². The second-order valence-electron chi connectivity index (χ2n) is 6.61. The summed E-state index contributed by atoms with van der Waals surface area (Å²) in [6, 6.07) is 0. The highest BCUT2D eigenvalue weighted by molar-refractivity contribution is 7.19. The second kappa shape index (κ2) is 6.34. The van der Waals surface area contributed by atoms with Crippen LogP contribution in [0.1, 0.15) is 40.2 Å². The molecular weight excluding hydrogens is 338 g/mol. The number of ether oxygens (including phenoxy) is 1. The molecule has 4 rings (SSSR count). The first-order valence-corrected chi connectivity index (χ1v) is 9.35. The molecule has 0 saturated heterocycles. The molecule has 1 amide bonds. The van der Waals surface area contributed by atoms with Crippen LogP contribution in [0.3, 0.4) is 0 Å². The van der Waals surface area contributed by atoms with Gasteiger partial charge in [-0.2, -0.15) is 4.52 Å². The lowest BCUT2D eigenvalue weighted by molar-refractivity contribution is 0.0927. The maximum Gasteiger partial charge on any atom is 0.291 e. The van der Waals surface area contributed by atoms with Crippen molar-refractivity contribution < 1.29 is 9.53 Å². The SMILES string of the molecule is COCCNC(=O)c1nc2c3c4c(sc3nc(C)n2n1)CC[C@H](C)C4. The Morgan fingerprint density at radius 3 is 3.08 bits per heavy atom. The molecule has 3 heterocycles. The lowest BCUT2D eigenvalue weighted by Crippen LogP contribution is -2.27. The van der Waals surface area contributed by atoms with Gasteiger partial charge < -0.3 is 10.1 Å². The third-order valence-electron chi connectivity index (χ3n) is 4.68. The standard InChI is InChI=1S/C17H21N5O2S/c1-9-4-5-12-11(8-9)13-15-20-14(16(23)18-6-7-24-3)21-22(15)10(2)19-17(13)25-12/h9H,4-8H2,1-3H3,(H,18,23)/t9-/m0/s1. The number of fused-ring (bicyclic) bond motifs is 5. The molecule has 1 aliphatic rings. The summed E-state index contributed by atoms with van der Waals surface area (Å²) in [5.41, 5.74) is 2.08. The minimum Gasteiger partial charge on any atom is -0.383 e. The third-order valence-corrected chi connectivity index (χ3v) is 5.87. The molecule has 0 spiro atoms. The van der Waals surface area contributed by atoms with Gasteiger partial charge in [0.2, 0.25) is 5.82 Å². The van der Waals surface area contributed by atoms with Crippen molar-refractivity contribution in [2.75, 3.05) is 20.3 Å². The monoisotopic (exact) mass is 359 g/mol. The maximum absolute atomic E-state index is 12.3. The van der Waals surface area contributed by atoms with Crippen molar-refractivity contribution in [3.63, 3.8) is 0 Å². The van der Waals surface area contributed by atoms with Gasteiger partial charge in [-0.15, -0.1) is 16.4 Å². The molecule has 25 heavy (non-hydrogen) atoms. The van der Waals surface area contributed by atoms with Gasteiger partial charge in [0.25, 0.3) is 5.91 Å². The Morgan fingerprint density at radius 2 is 2.28 bits per heavy atom. The molecule has 0 bridgehead atoms. The van der Waals surface area contributed by atoms with Gasteiger partial charge in [-0.05, 0) is 37.7 Å². The first-order chi connectivity index (χ1) is 12.1. The van der Waals surface area contributed by atoms with E-state index < -0.39 is 0 Å². The second-order valence-corrected chi connectivity index (χ2v) is 7.69. The quantitative estimate of drug-likeness (QED) is 0.722. The Balaban J connectivity index is 1.83. The number of hydrogen-bond donors (Lipinski definition) is 1. The zero-order valence-corrected chi connectivity index (χ0v) is 15.4. The fraction of sp³-hybridized carbons (Fsp3) is 0.529. The fourth-order valence-electron chi connectivity index (χ4n) is 3.39. The van der Waals surface area contributed by atoms with Crippen LogP contribution >= 0.6 is 11.3 Å². The molecule has 3 aromatic heterocycles. The van der Waals surface area contributed by atoms with Crippen LogP contribution in [0.25, 0.3) is 15.9 Å². The van der Waals surface area contributed by atoms with E-state index in [0.29, 0.717) is 19.1 Å². The van der Waals surface area contributed by atoms with E-state index >= 15 is 0 Å². The highest BCUT2D eigenvalue weighted by Gasteiger charge is 2.25. The molecule has 132 valence electrons. The first-order valence-electron chi connectivity index (χ1n) is 8.53. The van der Waals surface area contributed by atoms with E-state index in [1.165, 1.54) is 16.9 Å². The minimum absolute atomic E-state index is 0.178. The number of nitrogens with one attached hydrogen (secondary N) is 1. The maximum atomic E-state index is 12.3. The fourth-order valence-corrected chi connectivity index (χ4v) is 4.64. The van der Waals surface area contributed by atoms with Crippen LogP contribution in [0.4, 0.5) is 0 Å². The molecule has 0 unspecified atom stereocenters. The molecular formula is C17H21N5O2S. The lowest BCUT2D eigenvalue weighted by atomic mass is 9.89. The van der Waals surface area contributed by atoms with Crippen LogP contribution in [0.5, 0.6) is 0 Å². The predicted octanol–water partition coefficient (Wildman–Crippen LogP) is 2.15. The van der Waals surface area contributed by atoms with Gasteiger partial charge in [0.15, 0.2) is 5.65 Å². The first kappa shape index (κ1) is 16.4. The number of rotatable bonds is 4. The van der Waals surface area contributed by atoms with Crippen molar-refractivity contribution >= 4 is 33.1 Å². The van der Waals surface area contributed by atoms with Crippen LogP contribution in [-0.4, -0.2) is 45.8 Å². The average molecular weight is 359 g/mol. The number of carbonyl (C=O) groups is 1. The van der Waals surface area contributed by atoms with Gasteiger partial charge in [0.1, 0.15) is 10.7 Å². The van der Waals surface area contributed by atoms with E-state index in [4.69, 9.17) is 9.72 Å². The summed E-state index contributed by atoms with van der Waals surface area (Å²) >= 11 is 1.76. The Labute approximate surface area is 149 Å². The van der Waals surface area contributed by atoms with Crippen molar-refractivity contribution in [1.29, 1.82) is 0 Å². The number of hydrogen-bond acceptors (Lipinski definition) is 6. The number of aryl methyl sites for hydroxylation is 2. The molecule has 0 aromatic carbocycles. The molecule has 7 nitrogen and oxygen atoms in total. The van der Waals surface area contributed by atoms with Crippen LogP contribution < -0.4 is 5.32 Å². The van der Waals surface area contributed by atoms with Crippen LogP contribution in [-0.2, 0) is 17.6 Å². The van der Waals surface area contributed by atoms with Crippen molar-refractivity contribution in [3.05, 3.63) is 22.1 Å². The van der Waals surface area contributed by atoms with E-state index in [2.05, 4.69) is 22.3 Å². The van der Waals surface area contributed by atoms with Crippen molar-refractivity contribution in [2.24, 2.45) is 5.92 Å². The molecule has 0 fully saturated rings. The highest BCUT2D eigenvalue weighted by atomic mass is 32.1. The smallest absolute Gasteiger partial charge is 0.291 e. The normalized spacial score (nSPS) is 17.2. The Morgan fingerprint density at radius 1 is 1.44 bits per heavy atom. The number of nitrogens with zero attached hydrogens (tertiary/aromatic N) is 4. The van der Waals surface area contributed by atoms with Crippen molar-refractivity contribution in [2.45, 2.75) is 33.1 Å². The molecule has 1 N–H and O–H groups in total. The van der Waals surface area contributed by atoms with Crippen LogP contribution in [0.2, 0.25) is 0 Å². The molecule has 1 atom stereocenters. The van der Waals surface area contributed by atoms with Gasteiger partial charge >= 0.3 is 0 Å². The molecule has 1 aliphatic carbocycles. The summed E-state index contributed by atoms with van der Waals surface area (Å²) in [5, 5.41) is 8.22. The molecule has 0 aliphatic heterocycles. The number of carbonyl (C=O) groups excluding carboxylic acids is 1. The molecule has 8 heteroatoms. The number of aromatic nitrogens is 4. The summed E-state index contributed by atoms with van der Waals surface area (Å²) in [5.74, 6) is 1.30. The average Bonchev–Trinajstić information content (AvgIpc) is 3.16. The Kier molecular flexibility index (Phi) is 4.16. The van der Waals surface area contributed by atoms with E-state index in [1.54, 1.807) is 23.0 Å². The van der Waals surface area contributed by atoms with E-state index in [0.717, 1.165) is 34.5 Å². The highest BCUT2D eigenvalue weighted by Crippen LogP contribution is 2.38. The number of methoxy groups -OCH3 is 1. The van der Waals surface area contributed by atoms with Crippen molar-refractivity contribution in [1.82, 2.24) is 24.9 Å². The van der Waals surface area contributed by atoms with Gasteiger partial charge in [-0.3, -0.25) is 4.79 Å². The third kappa shape index (κ3) is 2.79. The number of thiophene rings is 1. The summed E-state index contributed by atoms with van der Waals surface area (Å²) in [6.07, 6.45) is 3.36. The van der Waals surface area contributed by atoms with Gasteiger partial charge in [0.05, 0.1) is 12.0 Å². The Hall–Kier alpha value is -2.06. The van der Waals surface area contributed by atoms with Gasteiger partial charge in [-0.25, -0.2) is 9.97 Å². The molecule has 3 aromatic rings. The summed E-state index contributed by atoms with van der Waals surface area (Å²) in [6.45, 7) is 5.07. The van der Waals surface area contributed by atoms with E-state index in [-0.39, 0.29) is 11.7 Å². The topological polar surface area (TPSA) is 81.4 Å². The lowest BCUT2D eigenvalue weighted by Gasteiger charge is -2.17. The van der Waals surface area contributed by atoms with Crippen molar-refractivity contribution in [3.8, 4) is 0 Å². The predicted molar refractivity (Wildman–Crippen MR) is 96.3 cm³/mol. The van der Waals surface area contributed by atoms with Gasteiger partial charge in [0, 0.05) is 18.5 Å². The number of amides is 1. The summed E-state index contributed by atoms with van der Waals surface area (Å²) < 4.78 is 6.65. The van der Waals surface area contributed by atoms with Crippen LogP contribution in [0, 0.1) is 12.8 Å². The summed E-state index contributed by atoms with van der Waals surface area (Å²) in [4.78, 5) is 24.0. The van der Waals surface area contributed by atoms with E-state index in [9.17, 15) is 4.79 Å². The molecule has 0 radical (unpaired) electrons. The zero-order valence-electron chi connectivity index (χ0n) is 14.6. The summed E-state index contributed by atoms with van der Waals surface area (Å²) in [7, 11) is 1.60. The van der Waals surface area contributed by atoms with E-state index in [1.807, 2.05) is 6.92 Å². The Bertz CT molecular complexity index is 961.